The number of hydrogen-bond donors (Lipinski definition) is 2. The lowest BCUT2D eigenvalue weighted by atomic mass is 10.2. The number of rotatable bonds is 11. The van der Waals surface area contributed by atoms with E-state index in [-0.39, 0.29) is 11.8 Å². The first-order valence-electron chi connectivity index (χ1n) is 11.2. The van der Waals surface area contributed by atoms with Crippen LogP contribution >= 0.6 is 0 Å². The average Bonchev–Trinajstić information content (AvgIpc) is 2.81. The van der Waals surface area contributed by atoms with E-state index in [0.29, 0.717) is 32.4 Å². The van der Waals surface area contributed by atoms with Crippen LogP contribution in [0, 0.1) is 6.92 Å². The molecule has 2 N–H and O–H groups in total. The van der Waals surface area contributed by atoms with E-state index in [0.717, 1.165) is 55.4 Å². The van der Waals surface area contributed by atoms with E-state index >= 15 is 0 Å². The van der Waals surface area contributed by atoms with Gasteiger partial charge < -0.3 is 20.1 Å². The fourth-order valence-electron chi connectivity index (χ4n) is 3.49. The minimum absolute atomic E-state index is 0.00803. The van der Waals surface area contributed by atoms with Crippen LogP contribution in [-0.4, -0.2) is 56.2 Å². The second-order valence-corrected chi connectivity index (χ2v) is 7.95. The van der Waals surface area contributed by atoms with Crippen molar-refractivity contribution in [3.8, 4) is 5.75 Å². The smallest absolute Gasteiger partial charge is 0.225 e. The molecular weight excluding hydrogens is 406 g/mol. The number of benzene rings is 2. The van der Waals surface area contributed by atoms with E-state index in [9.17, 15) is 9.59 Å². The molecule has 0 saturated carbocycles. The Morgan fingerprint density at radius 3 is 2.66 bits per heavy atom. The van der Waals surface area contributed by atoms with Crippen LogP contribution in [0.25, 0.3) is 0 Å². The van der Waals surface area contributed by atoms with Gasteiger partial charge in [-0.2, -0.15) is 0 Å². The van der Waals surface area contributed by atoms with Gasteiger partial charge in [0.2, 0.25) is 11.8 Å². The van der Waals surface area contributed by atoms with Crippen LogP contribution in [0.15, 0.2) is 48.5 Å². The summed E-state index contributed by atoms with van der Waals surface area (Å²) in [6.45, 7) is 6.88. The summed E-state index contributed by atoms with van der Waals surface area (Å²) in [6, 6.07) is 15.4. The number of nitrogens with one attached hydrogen (secondary N) is 2. The Balaban J connectivity index is 1.33. The third kappa shape index (κ3) is 8.32. The van der Waals surface area contributed by atoms with E-state index in [1.165, 1.54) is 0 Å². The maximum absolute atomic E-state index is 12.3. The fraction of sp³-hybridized carbons (Fsp3) is 0.440. The van der Waals surface area contributed by atoms with E-state index in [4.69, 9.17) is 9.47 Å². The largest absolute Gasteiger partial charge is 0.493 e. The van der Waals surface area contributed by atoms with Gasteiger partial charge in [-0.25, -0.2) is 0 Å². The molecule has 7 nitrogen and oxygen atoms in total. The van der Waals surface area contributed by atoms with Crippen LogP contribution in [0.5, 0.6) is 5.75 Å². The highest BCUT2D eigenvalue weighted by Crippen LogP contribution is 2.16. The predicted octanol–water partition coefficient (Wildman–Crippen LogP) is 3.13. The Morgan fingerprint density at radius 1 is 1.03 bits per heavy atom. The molecule has 2 aromatic rings. The summed E-state index contributed by atoms with van der Waals surface area (Å²) < 4.78 is 11.1. The Hall–Kier alpha value is -2.90. The Labute approximate surface area is 190 Å². The maximum Gasteiger partial charge on any atom is 0.225 e. The molecule has 0 aliphatic carbocycles. The molecule has 32 heavy (non-hydrogen) atoms. The molecule has 2 amide bonds. The Kier molecular flexibility index (Phi) is 9.53. The van der Waals surface area contributed by atoms with Gasteiger partial charge in [-0.15, -0.1) is 0 Å². The molecule has 0 spiro atoms. The summed E-state index contributed by atoms with van der Waals surface area (Å²) in [7, 11) is 0. The van der Waals surface area contributed by atoms with Crippen molar-refractivity contribution in [3.05, 3.63) is 59.7 Å². The lowest BCUT2D eigenvalue weighted by molar-refractivity contribution is -0.121. The van der Waals surface area contributed by atoms with Crippen molar-refractivity contribution >= 4 is 17.5 Å². The van der Waals surface area contributed by atoms with Crippen molar-refractivity contribution in [2.24, 2.45) is 0 Å². The Bertz CT molecular complexity index is 881. The highest BCUT2D eigenvalue weighted by molar-refractivity contribution is 5.90. The molecule has 1 aliphatic rings. The highest BCUT2D eigenvalue weighted by atomic mass is 16.5. The van der Waals surface area contributed by atoms with Crippen molar-refractivity contribution in [1.29, 1.82) is 0 Å². The molecule has 0 radical (unpaired) electrons. The number of amides is 2. The van der Waals surface area contributed by atoms with E-state index in [2.05, 4.69) is 15.5 Å². The second kappa shape index (κ2) is 12.8. The van der Waals surface area contributed by atoms with Crippen molar-refractivity contribution < 1.29 is 19.1 Å². The van der Waals surface area contributed by atoms with Crippen molar-refractivity contribution in [2.45, 2.75) is 32.7 Å². The highest BCUT2D eigenvalue weighted by Gasteiger charge is 2.12. The molecule has 0 unspecified atom stereocenters. The number of nitrogens with zero attached hydrogens (tertiary/aromatic N) is 1. The summed E-state index contributed by atoms with van der Waals surface area (Å²) in [5, 5.41) is 5.88. The number of ether oxygens (including phenoxy) is 2. The third-order valence-corrected chi connectivity index (χ3v) is 5.36. The summed E-state index contributed by atoms with van der Waals surface area (Å²) in [5.74, 6) is 0.835. The molecule has 1 aliphatic heterocycles. The van der Waals surface area contributed by atoms with Crippen LogP contribution in [-0.2, 0) is 20.9 Å². The normalized spacial score (nSPS) is 14.0. The van der Waals surface area contributed by atoms with Crippen molar-refractivity contribution in [3.63, 3.8) is 0 Å². The van der Waals surface area contributed by atoms with Gasteiger partial charge in [-0.1, -0.05) is 30.3 Å². The van der Waals surface area contributed by atoms with Crippen LogP contribution in [0.3, 0.4) is 0 Å². The lowest BCUT2D eigenvalue weighted by Gasteiger charge is -2.26. The van der Waals surface area contributed by atoms with Crippen LogP contribution in [0.2, 0.25) is 0 Å². The molecule has 0 atom stereocenters. The summed E-state index contributed by atoms with van der Waals surface area (Å²) in [6.07, 6.45) is 1.51. The lowest BCUT2D eigenvalue weighted by Crippen LogP contribution is -2.38. The average molecular weight is 440 g/mol. The first-order chi connectivity index (χ1) is 15.6. The van der Waals surface area contributed by atoms with Crippen molar-refractivity contribution in [2.75, 3.05) is 44.8 Å². The molecular formula is C25H33N3O4. The van der Waals surface area contributed by atoms with Gasteiger partial charge in [0.25, 0.3) is 0 Å². The molecule has 172 valence electrons. The number of carbonyl (C=O) groups excluding carboxylic acids is 2. The molecule has 2 aromatic carbocycles. The van der Waals surface area contributed by atoms with Gasteiger partial charge in [0, 0.05) is 44.7 Å². The molecule has 1 heterocycles. The quantitative estimate of drug-likeness (QED) is 0.526. The van der Waals surface area contributed by atoms with Crippen LogP contribution < -0.4 is 15.4 Å². The number of para-hydroxylation sites is 1. The van der Waals surface area contributed by atoms with Crippen molar-refractivity contribution in [1.82, 2.24) is 10.2 Å². The minimum Gasteiger partial charge on any atom is -0.493 e. The van der Waals surface area contributed by atoms with Crippen LogP contribution in [0.1, 0.15) is 30.4 Å². The zero-order valence-corrected chi connectivity index (χ0v) is 18.8. The molecule has 0 bridgehead atoms. The molecule has 0 aromatic heterocycles. The first-order valence-corrected chi connectivity index (χ1v) is 11.2. The number of carbonyl (C=O) groups is 2. The van der Waals surface area contributed by atoms with E-state index in [1.807, 2.05) is 55.5 Å². The summed E-state index contributed by atoms with van der Waals surface area (Å²) in [5.41, 5.74) is 2.78. The molecule has 1 fully saturated rings. The van der Waals surface area contributed by atoms with Gasteiger partial charge in [-0.3, -0.25) is 14.5 Å². The van der Waals surface area contributed by atoms with Gasteiger partial charge in [-0.05, 0) is 42.7 Å². The van der Waals surface area contributed by atoms with Gasteiger partial charge in [0.1, 0.15) is 5.75 Å². The standard InChI is InChI=1S/C25H33N3O4/c1-20-6-2-3-9-23(20)32-15-5-10-24(29)26-19-21-7-4-8-22(18-21)27-25(30)11-12-28-13-16-31-17-14-28/h2-4,6-9,18H,5,10-17,19H2,1H3,(H,26,29)(H,27,30). The Morgan fingerprint density at radius 2 is 1.84 bits per heavy atom. The topological polar surface area (TPSA) is 79.9 Å². The van der Waals surface area contributed by atoms with Gasteiger partial charge in [0.05, 0.1) is 19.8 Å². The monoisotopic (exact) mass is 439 g/mol. The fourth-order valence-corrected chi connectivity index (χ4v) is 3.49. The zero-order valence-electron chi connectivity index (χ0n) is 18.8. The number of aryl methyl sites for hydroxylation is 1. The molecule has 7 heteroatoms. The third-order valence-electron chi connectivity index (χ3n) is 5.36. The van der Waals surface area contributed by atoms with E-state index in [1.54, 1.807) is 0 Å². The first kappa shape index (κ1) is 23.8. The number of anilines is 1. The molecule has 3 rings (SSSR count). The number of morpholine rings is 1. The maximum atomic E-state index is 12.3. The van der Waals surface area contributed by atoms with Crippen LogP contribution in [0.4, 0.5) is 5.69 Å². The zero-order chi connectivity index (χ0) is 22.6. The number of hydrogen-bond acceptors (Lipinski definition) is 5. The minimum atomic E-state index is -0.0154. The summed E-state index contributed by atoms with van der Waals surface area (Å²) >= 11 is 0. The van der Waals surface area contributed by atoms with Gasteiger partial charge in [0.15, 0.2) is 0 Å². The molecule has 1 saturated heterocycles. The predicted molar refractivity (Wildman–Crippen MR) is 125 cm³/mol. The van der Waals surface area contributed by atoms with E-state index < -0.39 is 0 Å². The second-order valence-electron chi connectivity index (χ2n) is 7.95. The summed E-state index contributed by atoms with van der Waals surface area (Å²) in [4.78, 5) is 26.6. The SMILES string of the molecule is Cc1ccccc1OCCCC(=O)NCc1cccc(NC(=O)CCN2CCOCC2)c1. The van der Waals surface area contributed by atoms with Gasteiger partial charge >= 0.3 is 0 Å².